The van der Waals surface area contributed by atoms with Gasteiger partial charge in [-0.25, -0.2) is 13.4 Å². The lowest BCUT2D eigenvalue weighted by atomic mass is 10.2. The molecule has 4 rings (SSSR count). The van der Waals surface area contributed by atoms with Crippen molar-refractivity contribution in [2.75, 3.05) is 17.1 Å². The van der Waals surface area contributed by atoms with Crippen LogP contribution in [0.3, 0.4) is 0 Å². The zero-order valence-corrected chi connectivity index (χ0v) is 19.7. The second-order valence-electron chi connectivity index (χ2n) is 6.81. The molecule has 168 valence electrons. The summed E-state index contributed by atoms with van der Waals surface area (Å²) in [4.78, 5) is 17.1. The molecule has 3 aromatic carbocycles. The summed E-state index contributed by atoms with van der Waals surface area (Å²) in [6.07, 6.45) is 0. The third kappa shape index (κ3) is 5.16. The first-order valence-electron chi connectivity index (χ1n) is 9.65. The van der Waals surface area contributed by atoms with Crippen LogP contribution in [-0.2, 0) is 10.0 Å². The van der Waals surface area contributed by atoms with Crippen LogP contribution in [0.4, 0.5) is 11.4 Å². The molecule has 0 bridgehead atoms. The highest BCUT2D eigenvalue weighted by molar-refractivity contribution is 7.92. The number of sulfonamides is 1. The predicted octanol–water partition coefficient (Wildman–Crippen LogP) is 5.53. The van der Waals surface area contributed by atoms with Gasteiger partial charge in [0.2, 0.25) is 0 Å². The average molecular weight is 500 g/mol. The zero-order chi connectivity index (χ0) is 23.4. The van der Waals surface area contributed by atoms with E-state index < -0.39 is 15.9 Å². The minimum atomic E-state index is -3.97. The number of rotatable bonds is 7. The minimum Gasteiger partial charge on any atom is -0.495 e. The lowest BCUT2D eigenvalue weighted by Crippen LogP contribution is -2.16. The molecular formula is C23H18ClN3O4S2. The Bertz CT molecular complexity index is 1410. The number of amides is 1. The van der Waals surface area contributed by atoms with Gasteiger partial charge in [0.25, 0.3) is 15.9 Å². The number of thiazole rings is 1. The van der Waals surface area contributed by atoms with Crippen LogP contribution in [0.2, 0.25) is 5.02 Å². The Balaban J connectivity index is 1.59. The second-order valence-corrected chi connectivity index (χ2v) is 9.75. The van der Waals surface area contributed by atoms with Crippen molar-refractivity contribution in [2.45, 2.75) is 4.90 Å². The van der Waals surface area contributed by atoms with E-state index in [1.807, 2.05) is 30.3 Å². The lowest BCUT2D eigenvalue weighted by Gasteiger charge is -2.13. The number of hydrogen-bond acceptors (Lipinski definition) is 6. The summed E-state index contributed by atoms with van der Waals surface area (Å²) in [7, 11) is -2.54. The van der Waals surface area contributed by atoms with Crippen LogP contribution in [0.25, 0.3) is 10.6 Å². The standard InChI is InChI=1S/C23H18ClN3O4S2/c1-31-21-12-11-16(33(29,30)27-18-10-6-5-9-17(18)24)13-19(21)25-22(28)20-14-32-23(26-20)15-7-3-2-4-8-15/h2-14,27H,1H3,(H,25,28). The van der Waals surface area contributed by atoms with Crippen molar-refractivity contribution in [3.8, 4) is 16.3 Å². The first-order valence-corrected chi connectivity index (χ1v) is 12.4. The molecule has 0 aliphatic heterocycles. The third-order valence-corrected chi connectivity index (χ3v) is 7.19. The van der Waals surface area contributed by atoms with Gasteiger partial charge in [0.15, 0.2) is 0 Å². The summed E-state index contributed by atoms with van der Waals surface area (Å²) in [6.45, 7) is 0. The van der Waals surface area contributed by atoms with Crippen molar-refractivity contribution >= 4 is 50.2 Å². The van der Waals surface area contributed by atoms with Gasteiger partial charge >= 0.3 is 0 Å². The van der Waals surface area contributed by atoms with Crippen molar-refractivity contribution in [1.29, 1.82) is 0 Å². The highest BCUT2D eigenvalue weighted by Crippen LogP contribution is 2.31. The summed E-state index contributed by atoms with van der Waals surface area (Å²) in [5.41, 5.74) is 1.55. The number of methoxy groups -OCH3 is 1. The van der Waals surface area contributed by atoms with Gasteiger partial charge in [0, 0.05) is 10.9 Å². The molecule has 4 aromatic rings. The number of nitrogens with zero attached hydrogens (tertiary/aromatic N) is 1. The summed E-state index contributed by atoms with van der Waals surface area (Å²) in [6, 6.07) is 20.2. The zero-order valence-electron chi connectivity index (χ0n) is 17.3. The molecule has 7 nitrogen and oxygen atoms in total. The fourth-order valence-electron chi connectivity index (χ4n) is 2.98. The summed E-state index contributed by atoms with van der Waals surface area (Å²) in [5, 5.41) is 5.30. The average Bonchev–Trinajstić information content (AvgIpc) is 3.32. The number of aromatic nitrogens is 1. The lowest BCUT2D eigenvalue weighted by molar-refractivity contribution is 0.102. The van der Waals surface area contributed by atoms with Crippen LogP contribution < -0.4 is 14.8 Å². The Morgan fingerprint density at radius 1 is 1.00 bits per heavy atom. The summed E-state index contributed by atoms with van der Waals surface area (Å²) in [5.74, 6) is -0.182. The van der Waals surface area contributed by atoms with E-state index in [-0.39, 0.29) is 27.0 Å². The summed E-state index contributed by atoms with van der Waals surface area (Å²) >= 11 is 7.41. The molecule has 0 spiro atoms. The molecule has 0 radical (unpaired) electrons. The van der Waals surface area contributed by atoms with Gasteiger partial charge in [0.1, 0.15) is 16.5 Å². The van der Waals surface area contributed by atoms with Gasteiger partial charge in [-0.05, 0) is 30.3 Å². The Morgan fingerprint density at radius 2 is 1.73 bits per heavy atom. The molecule has 1 heterocycles. The first-order chi connectivity index (χ1) is 15.9. The quantitative estimate of drug-likeness (QED) is 0.348. The number of para-hydroxylation sites is 1. The topological polar surface area (TPSA) is 97.4 Å². The van der Waals surface area contributed by atoms with E-state index in [0.717, 1.165) is 5.56 Å². The number of anilines is 2. The van der Waals surface area contributed by atoms with E-state index in [4.69, 9.17) is 16.3 Å². The molecule has 0 saturated heterocycles. The van der Waals surface area contributed by atoms with Crippen LogP contribution in [0.1, 0.15) is 10.5 Å². The highest BCUT2D eigenvalue weighted by Gasteiger charge is 2.20. The number of ether oxygens (including phenoxy) is 1. The van der Waals surface area contributed by atoms with E-state index in [0.29, 0.717) is 10.8 Å². The van der Waals surface area contributed by atoms with Crippen LogP contribution in [-0.4, -0.2) is 26.4 Å². The predicted molar refractivity (Wildman–Crippen MR) is 131 cm³/mol. The van der Waals surface area contributed by atoms with E-state index in [1.54, 1.807) is 29.6 Å². The molecular weight excluding hydrogens is 482 g/mol. The van der Waals surface area contributed by atoms with Gasteiger partial charge in [0.05, 0.1) is 28.4 Å². The maximum absolute atomic E-state index is 12.9. The fraction of sp³-hybridized carbons (Fsp3) is 0.0435. The van der Waals surface area contributed by atoms with Gasteiger partial charge < -0.3 is 10.1 Å². The normalized spacial score (nSPS) is 11.1. The van der Waals surface area contributed by atoms with Crippen LogP contribution in [0, 0.1) is 0 Å². The molecule has 0 unspecified atom stereocenters. The molecule has 2 N–H and O–H groups in total. The largest absolute Gasteiger partial charge is 0.495 e. The van der Waals surface area contributed by atoms with Gasteiger partial charge in [-0.1, -0.05) is 54.1 Å². The molecule has 0 fully saturated rings. The van der Waals surface area contributed by atoms with E-state index in [2.05, 4.69) is 15.0 Å². The first kappa shape index (κ1) is 22.8. The van der Waals surface area contributed by atoms with Crippen molar-refractivity contribution < 1.29 is 17.9 Å². The number of halogens is 1. The van der Waals surface area contributed by atoms with Crippen molar-refractivity contribution in [3.63, 3.8) is 0 Å². The van der Waals surface area contributed by atoms with E-state index >= 15 is 0 Å². The maximum atomic E-state index is 12.9. The van der Waals surface area contributed by atoms with Crippen molar-refractivity contribution in [2.24, 2.45) is 0 Å². The number of nitrogens with one attached hydrogen (secondary N) is 2. The van der Waals surface area contributed by atoms with Crippen molar-refractivity contribution in [3.05, 3.63) is 88.9 Å². The SMILES string of the molecule is COc1ccc(S(=O)(=O)Nc2ccccc2Cl)cc1NC(=O)c1csc(-c2ccccc2)n1. The Hall–Kier alpha value is -3.40. The number of hydrogen-bond donors (Lipinski definition) is 2. The molecule has 10 heteroatoms. The Morgan fingerprint density at radius 3 is 2.45 bits per heavy atom. The molecule has 0 atom stereocenters. The van der Waals surface area contributed by atoms with E-state index in [9.17, 15) is 13.2 Å². The minimum absolute atomic E-state index is 0.0678. The van der Waals surface area contributed by atoms with Crippen LogP contribution >= 0.6 is 22.9 Å². The van der Waals surface area contributed by atoms with Gasteiger partial charge in [-0.15, -0.1) is 11.3 Å². The monoisotopic (exact) mass is 499 g/mol. The smallest absolute Gasteiger partial charge is 0.275 e. The Labute approximate surface area is 200 Å². The number of benzene rings is 3. The van der Waals surface area contributed by atoms with Gasteiger partial charge in [-0.2, -0.15) is 0 Å². The second kappa shape index (κ2) is 9.62. The highest BCUT2D eigenvalue weighted by atomic mass is 35.5. The molecule has 0 aliphatic carbocycles. The summed E-state index contributed by atoms with van der Waals surface area (Å²) < 4.78 is 33.5. The Kier molecular flexibility index (Phi) is 6.64. The van der Waals surface area contributed by atoms with Crippen molar-refractivity contribution in [1.82, 2.24) is 4.98 Å². The van der Waals surface area contributed by atoms with Gasteiger partial charge in [-0.3, -0.25) is 9.52 Å². The third-order valence-electron chi connectivity index (χ3n) is 4.61. The number of carbonyl (C=O) groups excluding carboxylic acids is 1. The van der Waals surface area contributed by atoms with Crippen LogP contribution in [0.5, 0.6) is 5.75 Å². The molecule has 0 saturated carbocycles. The van der Waals surface area contributed by atoms with Crippen LogP contribution in [0.15, 0.2) is 83.1 Å². The molecule has 1 aromatic heterocycles. The molecule has 33 heavy (non-hydrogen) atoms. The molecule has 0 aliphatic rings. The van der Waals surface area contributed by atoms with E-state index in [1.165, 1.54) is 36.6 Å². The molecule has 1 amide bonds. The number of carbonyl (C=O) groups is 1. The maximum Gasteiger partial charge on any atom is 0.275 e. The fourth-order valence-corrected chi connectivity index (χ4v) is 5.13.